The van der Waals surface area contributed by atoms with Gasteiger partial charge in [-0.05, 0) is 5.56 Å². The van der Waals surface area contributed by atoms with Crippen LogP contribution in [0.15, 0.2) is 35.5 Å². The first-order valence-corrected chi connectivity index (χ1v) is 7.12. The van der Waals surface area contributed by atoms with Crippen molar-refractivity contribution in [3.8, 4) is 0 Å². The highest BCUT2D eigenvalue weighted by Crippen LogP contribution is 2.39. The summed E-state index contributed by atoms with van der Waals surface area (Å²) in [5.41, 5.74) is 0.909. The summed E-state index contributed by atoms with van der Waals surface area (Å²) >= 11 is 0. The number of halogens is 2. The fourth-order valence-electron chi connectivity index (χ4n) is 2.26. The van der Waals surface area contributed by atoms with E-state index in [-0.39, 0.29) is 23.4 Å². The fraction of sp³-hybridized carbons (Fsp3) is 0.333. The Bertz CT molecular complexity index is 617. The predicted molar refractivity (Wildman–Crippen MR) is 65.5 cm³/mol. The molecule has 0 saturated heterocycles. The molecule has 4 nitrogen and oxygen atoms in total. The summed E-state index contributed by atoms with van der Waals surface area (Å²) in [6, 6.07) is 8.01. The van der Waals surface area contributed by atoms with Crippen molar-refractivity contribution in [1.29, 1.82) is 0 Å². The summed E-state index contributed by atoms with van der Waals surface area (Å²) in [5, 5.41) is 3.86. The van der Waals surface area contributed by atoms with Gasteiger partial charge in [0.25, 0.3) is 0 Å². The van der Waals surface area contributed by atoms with E-state index in [1.54, 1.807) is 0 Å². The van der Waals surface area contributed by atoms with Crippen LogP contribution in [0, 0.1) is 0 Å². The largest absolute Gasteiger partial charge is 0.248 e. The van der Waals surface area contributed by atoms with Crippen LogP contribution in [-0.2, 0) is 10.8 Å². The zero-order valence-corrected chi connectivity index (χ0v) is 10.7. The highest BCUT2D eigenvalue weighted by Gasteiger charge is 2.36. The quantitative estimate of drug-likeness (QED) is 0.868. The lowest BCUT2D eigenvalue weighted by Gasteiger charge is -2.11. The Hall–Kier alpha value is -1.63. The molecular formula is C12H11F2N3OS. The molecule has 3 rings (SSSR count). The lowest BCUT2D eigenvalue weighted by atomic mass is 10.0. The van der Waals surface area contributed by atoms with Gasteiger partial charge in [-0.1, -0.05) is 30.3 Å². The van der Waals surface area contributed by atoms with Crippen LogP contribution >= 0.6 is 0 Å². The minimum atomic E-state index is -1.91. The number of benzene rings is 1. The van der Waals surface area contributed by atoms with Gasteiger partial charge in [0, 0.05) is 6.42 Å². The van der Waals surface area contributed by atoms with E-state index in [1.807, 2.05) is 30.3 Å². The van der Waals surface area contributed by atoms with Crippen molar-refractivity contribution in [3.05, 3.63) is 41.7 Å². The van der Waals surface area contributed by atoms with Crippen LogP contribution < -0.4 is 0 Å². The van der Waals surface area contributed by atoms with Crippen molar-refractivity contribution in [2.24, 2.45) is 0 Å². The molecule has 1 aliphatic rings. The molecule has 0 fully saturated rings. The molecule has 2 aromatic rings. The molecule has 1 aliphatic heterocycles. The van der Waals surface area contributed by atoms with Crippen LogP contribution in [0.3, 0.4) is 0 Å². The smallest absolute Gasteiger partial charge is 0.241 e. The molecule has 1 aromatic carbocycles. The molecule has 2 heterocycles. The molecule has 7 heteroatoms. The zero-order valence-electron chi connectivity index (χ0n) is 9.87. The van der Waals surface area contributed by atoms with Crippen molar-refractivity contribution in [1.82, 2.24) is 14.8 Å². The third-order valence-electron chi connectivity index (χ3n) is 3.13. The van der Waals surface area contributed by atoms with Gasteiger partial charge in [0.05, 0.1) is 6.04 Å². The molecule has 1 aromatic heterocycles. The van der Waals surface area contributed by atoms with E-state index in [2.05, 4.69) is 10.1 Å². The van der Waals surface area contributed by atoms with E-state index in [4.69, 9.17) is 0 Å². The number of hydrogen-bond acceptors (Lipinski definition) is 3. The molecule has 0 bridgehead atoms. The second-order valence-corrected chi connectivity index (χ2v) is 5.56. The maximum atomic E-state index is 13.9. The van der Waals surface area contributed by atoms with Gasteiger partial charge in [-0.25, -0.2) is 22.7 Å². The van der Waals surface area contributed by atoms with Crippen LogP contribution in [-0.4, -0.2) is 25.0 Å². The van der Waals surface area contributed by atoms with Gasteiger partial charge in [-0.15, -0.1) is 5.10 Å². The van der Waals surface area contributed by atoms with Crippen molar-refractivity contribution in [3.63, 3.8) is 0 Å². The van der Waals surface area contributed by atoms with Crippen LogP contribution in [0.1, 0.15) is 30.0 Å². The van der Waals surface area contributed by atoms with Crippen LogP contribution in [0.2, 0.25) is 0 Å². The SMILES string of the molecule is O=S(CF)c1nc2n(n1)C(c1ccccc1)CC2F. The van der Waals surface area contributed by atoms with Crippen LogP contribution in [0.5, 0.6) is 0 Å². The fourth-order valence-corrected chi connectivity index (χ4v) is 2.73. The van der Waals surface area contributed by atoms with Crippen LogP contribution in [0.4, 0.5) is 8.78 Å². The summed E-state index contributed by atoms with van der Waals surface area (Å²) in [6.07, 6.45) is -1.01. The first-order valence-electron chi connectivity index (χ1n) is 5.80. The standard InChI is InChI=1S/C12H11F2N3OS/c13-7-19(18)12-15-11-9(14)6-10(17(11)16-12)8-4-2-1-3-5-8/h1-5,9-10H,6-7H2. The summed E-state index contributed by atoms with van der Waals surface area (Å²) in [4.78, 5) is 3.85. The Kier molecular flexibility index (Phi) is 3.14. The van der Waals surface area contributed by atoms with Gasteiger partial charge >= 0.3 is 0 Å². The number of alkyl halides is 2. The lowest BCUT2D eigenvalue weighted by Crippen LogP contribution is -2.08. The minimum Gasteiger partial charge on any atom is -0.248 e. The third-order valence-corrected chi connectivity index (χ3v) is 3.91. The molecule has 0 spiro atoms. The Labute approximate surface area is 110 Å². The third kappa shape index (κ3) is 2.07. The van der Waals surface area contributed by atoms with Gasteiger partial charge in [-0.2, -0.15) is 0 Å². The molecular weight excluding hydrogens is 272 g/mol. The summed E-state index contributed by atoms with van der Waals surface area (Å²) in [6.45, 7) is 0. The van der Waals surface area contributed by atoms with Gasteiger partial charge in [0.2, 0.25) is 5.16 Å². The molecule has 19 heavy (non-hydrogen) atoms. The molecule has 0 radical (unpaired) electrons. The maximum absolute atomic E-state index is 13.9. The van der Waals surface area contributed by atoms with E-state index in [9.17, 15) is 13.0 Å². The highest BCUT2D eigenvalue weighted by molar-refractivity contribution is 7.84. The topological polar surface area (TPSA) is 47.8 Å². The second-order valence-electron chi connectivity index (χ2n) is 4.28. The van der Waals surface area contributed by atoms with Gasteiger partial charge in [-0.3, -0.25) is 0 Å². The molecule has 0 N–H and O–H groups in total. The Balaban J connectivity index is 2.02. The van der Waals surface area contributed by atoms with Crippen molar-refractivity contribution in [2.75, 3.05) is 6.01 Å². The van der Waals surface area contributed by atoms with Crippen molar-refractivity contribution < 1.29 is 13.0 Å². The number of nitrogens with zero attached hydrogens (tertiary/aromatic N) is 3. The molecule has 0 amide bonds. The predicted octanol–water partition coefficient (Wildman–Crippen LogP) is 2.32. The second kappa shape index (κ2) is 4.80. The lowest BCUT2D eigenvalue weighted by molar-refractivity contribution is 0.327. The van der Waals surface area contributed by atoms with E-state index in [0.717, 1.165) is 5.56 Å². The van der Waals surface area contributed by atoms with E-state index in [0.29, 0.717) is 0 Å². The average Bonchev–Trinajstić information content (AvgIpc) is 3.00. The molecule has 3 atom stereocenters. The molecule has 0 aliphatic carbocycles. The highest BCUT2D eigenvalue weighted by atomic mass is 32.2. The Morgan fingerprint density at radius 3 is 2.79 bits per heavy atom. The van der Waals surface area contributed by atoms with Gasteiger partial charge in [0.1, 0.15) is 10.8 Å². The number of fused-ring (bicyclic) bond motifs is 1. The monoisotopic (exact) mass is 283 g/mol. The number of hydrogen-bond donors (Lipinski definition) is 0. The summed E-state index contributed by atoms with van der Waals surface area (Å²) < 4.78 is 39.0. The minimum absolute atomic E-state index is 0.130. The first-order chi connectivity index (χ1) is 9.20. The van der Waals surface area contributed by atoms with Crippen molar-refractivity contribution >= 4 is 10.8 Å². The van der Waals surface area contributed by atoms with Crippen molar-refractivity contribution in [2.45, 2.75) is 23.8 Å². The van der Waals surface area contributed by atoms with Gasteiger partial charge < -0.3 is 0 Å². The Morgan fingerprint density at radius 1 is 1.37 bits per heavy atom. The molecule has 100 valence electrons. The number of aromatic nitrogens is 3. The van der Waals surface area contributed by atoms with E-state index < -0.39 is 23.0 Å². The summed E-state index contributed by atoms with van der Waals surface area (Å²) in [5.74, 6) is 0.130. The first kappa shape index (κ1) is 12.4. The van der Waals surface area contributed by atoms with E-state index in [1.165, 1.54) is 4.68 Å². The zero-order chi connectivity index (χ0) is 13.4. The average molecular weight is 283 g/mol. The van der Waals surface area contributed by atoms with Gasteiger partial charge in [0.15, 0.2) is 18.0 Å². The molecule has 3 unspecified atom stereocenters. The maximum Gasteiger partial charge on any atom is 0.241 e. The molecule has 0 saturated carbocycles. The Morgan fingerprint density at radius 2 is 2.11 bits per heavy atom. The number of rotatable bonds is 3. The van der Waals surface area contributed by atoms with E-state index >= 15 is 0 Å². The summed E-state index contributed by atoms with van der Waals surface area (Å²) in [7, 11) is -1.91. The van der Waals surface area contributed by atoms with Crippen LogP contribution in [0.25, 0.3) is 0 Å². The normalized spacial score (nSPS) is 23.3.